The van der Waals surface area contributed by atoms with Crippen molar-refractivity contribution in [3.8, 4) is 0 Å². The molecule has 210 valence electrons. The van der Waals surface area contributed by atoms with Gasteiger partial charge in [0.2, 0.25) is 0 Å². The number of hydrogen-bond donors (Lipinski definition) is 0. The second-order valence-electron chi connectivity index (χ2n) is 10.8. The second kappa shape index (κ2) is 15.4. The van der Waals surface area contributed by atoms with Crippen molar-refractivity contribution in [3.63, 3.8) is 0 Å². The topological polar surface area (TPSA) is 43.4 Å². The molecule has 0 amide bonds. The van der Waals surface area contributed by atoms with E-state index in [0.717, 1.165) is 106 Å². The number of unbranched alkanes of at least 4 members (excludes halogenated alkanes) is 5. The van der Waals surface area contributed by atoms with Crippen LogP contribution >= 0.6 is 6.83 Å². The van der Waals surface area contributed by atoms with Crippen molar-refractivity contribution in [3.05, 3.63) is 59.7 Å². The molecule has 2 aromatic rings. The summed E-state index contributed by atoms with van der Waals surface area (Å²) < 4.78 is 36.0. The monoisotopic (exact) mass is 548 g/mol. The quantitative estimate of drug-likeness (QED) is 0.164. The van der Waals surface area contributed by atoms with Crippen molar-refractivity contribution in [1.29, 1.82) is 0 Å². The number of rotatable bonds is 19. The van der Waals surface area contributed by atoms with Gasteiger partial charge < -0.3 is 0 Å². The summed E-state index contributed by atoms with van der Waals surface area (Å²) in [5.41, 5.74) is 2.17. The standard InChI is InChI=1S/C32H53O3PS/c1-6-11-20-29-21-19-25-32(31(29)24-12-7-2)37(33,34)35-36(26-13-8-3,27-14-9-4,28-15-10-5)30-22-17-16-18-23-30/h16-19,21-23,25H,6-15,20,24,26-28H2,1-5H3. The summed E-state index contributed by atoms with van der Waals surface area (Å²) in [6.07, 6.45) is 14.4. The van der Waals surface area contributed by atoms with Gasteiger partial charge in [0.25, 0.3) is 0 Å². The van der Waals surface area contributed by atoms with Crippen molar-refractivity contribution in [1.82, 2.24) is 0 Å². The predicted molar refractivity (Wildman–Crippen MR) is 164 cm³/mol. The first-order valence-electron chi connectivity index (χ1n) is 15.0. The Bertz CT molecular complexity index is 1010. The Hall–Kier alpha value is -1.22. The molecular weight excluding hydrogens is 495 g/mol. The van der Waals surface area contributed by atoms with Crippen LogP contribution in [0.5, 0.6) is 0 Å². The predicted octanol–water partition coefficient (Wildman–Crippen LogP) is 9.27. The van der Waals surface area contributed by atoms with E-state index in [2.05, 4.69) is 65.0 Å². The van der Waals surface area contributed by atoms with E-state index in [1.165, 1.54) is 5.56 Å². The Morgan fingerprint density at radius 1 is 0.622 bits per heavy atom. The molecule has 0 fully saturated rings. The Morgan fingerprint density at radius 3 is 1.65 bits per heavy atom. The molecule has 0 bridgehead atoms. The maximum absolute atomic E-state index is 14.5. The maximum atomic E-state index is 14.5. The van der Waals surface area contributed by atoms with Crippen molar-refractivity contribution in [2.45, 2.75) is 117 Å². The third kappa shape index (κ3) is 8.13. The van der Waals surface area contributed by atoms with Crippen molar-refractivity contribution in [2.24, 2.45) is 0 Å². The molecule has 0 aliphatic carbocycles. The van der Waals surface area contributed by atoms with Crippen LogP contribution in [0.4, 0.5) is 0 Å². The van der Waals surface area contributed by atoms with Crippen LogP contribution in [-0.4, -0.2) is 26.9 Å². The first-order valence-corrected chi connectivity index (χ1v) is 19.1. The van der Waals surface area contributed by atoms with Gasteiger partial charge in [0.1, 0.15) is 0 Å². The zero-order valence-electron chi connectivity index (χ0n) is 24.3. The summed E-state index contributed by atoms with van der Waals surface area (Å²) in [7, 11) is -3.97. The third-order valence-electron chi connectivity index (χ3n) is 7.88. The van der Waals surface area contributed by atoms with Crippen LogP contribution in [-0.2, 0) is 26.9 Å². The van der Waals surface area contributed by atoms with Gasteiger partial charge in [0.05, 0.1) is 0 Å². The van der Waals surface area contributed by atoms with Gasteiger partial charge >= 0.3 is 229 Å². The summed E-state index contributed by atoms with van der Waals surface area (Å²) >= 11 is 0. The van der Waals surface area contributed by atoms with Gasteiger partial charge in [-0.25, -0.2) is 0 Å². The summed E-state index contributed by atoms with van der Waals surface area (Å²) in [4.78, 5) is 0.420. The molecule has 0 radical (unpaired) electrons. The SMILES string of the molecule is CCCCc1cccc(S(=O)(=O)OP(CCCC)(CCCC)(CCCC)c2ccccc2)c1CCCC. The van der Waals surface area contributed by atoms with Crippen LogP contribution in [0, 0.1) is 0 Å². The van der Waals surface area contributed by atoms with E-state index in [4.69, 9.17) is 3.97 Å². The molecule has 0 spiro atoms. The van der Waals surface area contributed by atoms with Gasteiger partial charge in [0, 0.05) is 0 Å². The summed E-state index contributed by atoms with van der Waals surface area (Å²) in [6.45, 7) is 7.65. The van der Waals surface area contributed by atoms with E-state index >= 15 is 0 Å². The molecule has 0 aliphatic rings. The Kier molecular flexibility index (Phi) is 13.3. The van der Waals surface area contributed by atoms with E-state index in [1.807, 2.05) is 18.2 Å². The minimum absolute atomic E-state index is 0.420. The zero-order chi connectivity index (χ0) is 27.2. The van der Waals surface area contributed by atoms with Gasteiger partial charge in [-0.2, -0.15) is 0 Å². The average Bonchev–Trinajstić information content (AvgIpc) is 2.92. The molecule has 5 heteroatoms. The molecule has 2 aromatic carbocycles. The van der Waals surface area contributed by atoms with Crippen LogP contribution in [0.25, 0.3) is 0 Å². The van der Waals surface area contributed by atoms with Gasteiger partial charge in [-0.05, 0) is 0 Å². The fourth-order valence-corrected chi connectivity index (χ4v) is 15.6. The van der Waals surface area contributed by atoms with Crippen LogP contribution < -0.4 is 5.30 Å². The molecule has 0 unspecified atom stereocenters. The molecule has 0 saturated heterocycles. The normalized spacial score (nSPS) is 13.4. The fourth-order valence-electron chi connectivity index (χ4n) is 5.64. The van der Waals surface area contributed by atoms with Crippen molar-refractivity contribution in [2.75, 3.05) is 18.5 Å². The molecule has 0 aromatic heterocycles. The summed E-state index contributed by atoms with van der Waals surface area (Å²) in [6, 6.07) is 16.3. The molecule has 0 saturated carbocycles. The molecule has 2 rings (SSSR count). The number of benzene rings is 2. The molecule has 3 nitrogen and oxygen atoms in total. The first-order chi connectivity index (χ1) is 17.8. The molecule has 0 heterocycles. The minimum atomic E-state index is -3.97. The van der Waals surface area contributed by atoms with Crippen LogP contribution in [0.1, 0.15) is 110 Å². The van der Waals surface area contributed by atoms with E-state index < -0.39 is 16.9 Å². The molecular formula is C32H53O3PS. The summed E-state index contributed by atoms with van der Waals surface area (Å²) in [5, 5.41) is 1.14. The van der Waals surface area contributed by atoms with E-state index in [1.54, 1.807) is 0 Å². The zero-order valence-corrected chi connectivity index (χ0v) is 26.0. The van der Waals surface area contributed by atoms with Gasteiger partial charge in [0.15, 0.2) is 0 Å². The second-order valence-corrected chi connectivity index (χ2v) is 17.9. The Labute approximate surface area is 228 Å². The molecule has 37 heavy (non-hydrogen) atoms. The average molecular weight is 549 g/mol. The molecule has 0 N–H and O–H groups in total. The van der Waals surface area contributed by atoms with Crippen molar-refractivity contribution >= 4 is 22.3 Å². The van der Waals surface area contributed by atoms with Crippen molar-refractivity contribution < 1.29 is 12.4 Å². The van der Waals surface area contributed by atoms with Crippen LogP contribution in [0.15, 0.2) is 53.4 Å². The first kappa shape index (κ1) is 32.0. The van der Waals surface area contributed by atoms with Gasteiger partial charge in [-0.3, -0.25) is 0 Å². The van der Waals surface area contributed by atoms with E-state index in [9.17, 15) is 8.42 Å². The Balaban J connectivity index is 2.79. The van der Waals surface area contributed by atoms with Gasteiger partial charge in [-0.1, -0.05) is 0 Å². The molecule has 0 aliphatic heterocycles. The molecule has 0 atom stereocenters. The van der Waals surface area contributed by atoms with E-state index in [-0.39, 0.29) is 0 Å². The third-order valence-corrected chi connectivity index (χ3v) is 16.8. The Morgan fingerprint density at radius 2 is 1.14 bits per heavy atom. The van der Waals surface area contributed by atoms with Crippen LogP contribution in [0.3, 0.4) is 0 Å². The number of hydrogen-bond acceptors (Lipinski definition) is 3. The van der Waals surface area contributed by atoms with Crippen LogP contribution in [0.2, 0.25) is 0 Å². The fraction of sp³-hybridized carbons (Fsp3) is 0.625. The van der Waals surface area contributed by atoms with Gasteiger partial charge in [-0.15, -0.1) is 0 Å². The summed E-state index contributed by atoms with van der Waals surface area (Å²) in [5.74, 6) is 0. The number of aryl methyl sites for hydroxylation is 1. The van der Waals surface area contributed by atoms with E-state index in [0.29, 0.717) is 4.90 Å².